The summed E-state index contributed by atoms with van der Waals surface area (Å²) in [5.41, 5.74) is 0. The van der Waals surface area contributed by atoms with Gasteiger partial charge < -0.3 is 10.2 Å². The van der Waals surface area contributed by atoms with E-state index in [2.05, 4.69) is 5.32 Å². The number of carboxylic acids is 1. The fourth-order valence-electron chi connectivity index (χ4n) is 1.43. The molecule has 1 rings (SSSR count). The molecule has 0 bridgehead atoms. The van der Waals surface area contributed by atoms with E-state index in [1.807, 2.05) is 6.92 Å². The molecule has 0 aromatic heterocycles. The van der Waals surface area contributed by atoms with Crippen molar-refractivity contribution >= 4 is 5.97 Å². The Morgan fingerprint density at radius 1 is 1.73 bits per heavy atom. The number of rotatable bonds is 2. The lowest BCUT2D eigenvalue weighted by atomic mass is 10.0. The van der Waals surface area contributed by atoms with E-state index in [0.29, 0.717) is 6.42 Å². The van der Waals surface area contributed by atoms with Gasteiger partial charge in [0.1, 0.15) is 6.04 Å². The molecule has 0 radical (unpaired) electrons. The molecule has 1 heterocycles. The molecule has 0 aromatic carbocycles. The lowest BCUT2D eigenvalue weighted by Gasteiger charge is -2.10. The Morgan fingerprint density at radius 3 is 2.64 bits per heavy atom. The first-order valence-electron chi connectivity index (χ1n) is 3.75. The molecular formula is C7H13NO3. The maximum absolute atomic E-state index is 10.5. The Kier molecular flexibility index (Phi) is 2.46. The van der Waals surface area contributed by atoms with Crippen LogP contribution in [0.3, 0.4) is 0 Å². The van der Waals surface area contributed by atoms with E-state index in [-0.39, 0.29) is 18.6 Å². The van der Waals surface area contributed by atoms with Crippen LogP contribution in [0.1, 0.15) is 13.3 Å². The number of aliphatic carboxylic acids is 1. The number of hydrogen-bond acceptors (Lipinski definition) is 3. The Balaban J connectivity index is 2.49. The lowest BCUT2D eigenvalue weighted by molar-refractivity contribution is -0.139. The van der Waals surface area contributed by atoms with Crippen molar-refractivity contribution in [1.29, 1.82) is 0 Å². The highest BCUT2D eigenvalue weighted by molar-refractivity contribution is 5.73. The van der Waals surface area contributed by atoms with Crippen LogP contribution in [0.5, 0.6) is 0 Å². The standard InChI is InChI=1S/C7H13NO3/c1-4-2-5(7(10)11)8-6(4)3-9/h4-6,8-9H,2-3H2,1H3,(H,10,11)/t4-,5+,6-/m1/s1. The number of nitrogens with one attached hydrogen (secondary N) is 1. The molecule has 0 aliphatic carbocycles. The molecule has 11 heavy (non-hydrogen) atoms. The SMILES string of the molecule is C[C@@H]1C[C@@H](C(=O)O)N[C@@H]1CO. The molecule has 0 spiro atoms. The van der Waals surface area contributed by atoms with Gasteiger partial charge in [-0.1, -0.05) is 6.92 Å². The zero-order valence-electron chi connectivity index (χ0n) is 6.45. The van der Waals surface area contributed by atoms with Crippen LogP contribution in [0.15, 0.2) is 0 Å². The Labute approximate surface area is 65.2 Å². The van der Waals surface area contributed by atoms with Crippen molar-refractivity contribution in [2.45, 2.75) is 25.4 Å². The number of carbonyl (C=O) groups is 1. The molecule has 4 nitrogen and oxygen atoms in total. The summed E-state index contributed by atoms with van der Waals surface area (Å²) in [7, 11) is 0. The minimum absolute atomic E-state index is 0.0188. The third-order valence-corrected chi connectivity index (χ3v) is 2.20. The number of aliphatic hydroxyl groups excluding tert-OH is 1. The summed E-state index contributed by atoms with van der Waals surface area (Å²) in [5.74, 6) is -0.575. The second-order valence-corrected chi connectivity index (χ2v) is 3.06. The summed E-state index contributed by atoms with van der Waals surface area (Å²) >= 11 is 0. The molecule has 0 amide bonds. The monoisotopic (exact) mass is 159 g/mol. The van der Waals surface area contributed by atoms with E-state index >= 15 is 0 Å². The molecule has 3 N–H and O–H groups in total. The van der Waals surface area contributed by atoms with Gasteiger partial charge in [0.05, 0.1) is 6.61 Å². The fourth-order valence-corrected chi connectivity index (χ4v) is 1.43. The molecule has 1 aliphatic heterocycles. The molecule has 3 atom stereocenters. The van der Waals surface area contributed by atoms with E-state index in [0.717, 1.165) is 0 Å². The maximum atomic E-state index is 10.5. The van der Waals surface area contributed by atoms with Crippen molar-refractivity contribution in [1.82, 2.24) is 5.32 Å². The average molecular weight is 159 g/mol. The molecule has 1 aliphatic rings. The highest BCUT2D eigenvalue weighted by Crippen LogP contribution is 2.19. The first-order valence-corrected chi connectivity index (χ1v) is 3.75. The Morgan fingerprint density at radius 2 is 2.36 bits per heavy atom. The highest BCUT2D eigenvalue weighted by Gasteiger charge is 2.33. The van der Waals surface area contributed by atoms with E-state index in [9.17, 15) is 4.79 Å². The van der Waals surface area contributed by atoms with Gasteiger partial charge in [-0.05, 0) is 12.3 Å². The summed E-state index contributed by atoms with van der Waals surface area (Å²) < 4.78 is 0. The molecule has 1 saturated heterocycles. The summed E-state index contributed by atoms with van der Waals surface area (Å²) in [6, 6.07) is -0.516. The van der Waals surface area contributed by atoms with E-state index < -0.39 is 12.0 Å². The second-order valence-electron chi connectivity index (χ2n) is 3.06. The zero-order valence-corrected chi connectivity index (χ0v) is 6.45. The van der Waals surface area contributed by atoms with Gasteiger partial charge >= 0.3 is 5.97 Å². The molecule has 64 valence electrons. The number of hydrogen-bond donors (Lipinski definition) is 3. The van der Waals surface area contributed by atoms with Gasteiger partial charge in [0.15, 0.2) is 0 Å². The third-order valence-electron chi connectivity index (χ3n) is 2.20. The van der Waals surface area contributed by atoms with Crippen LogP contribution in [0, 0.1) is 5.92 Å². The lowest BCUT2D eigenvalue weighted by Crippen LogP contribution is -2.37. The van der Waals surface area contributed by atoms with Crippen molar-refractivity contribution in [3.63, 3.8) is 0 Å². The summed E-state index contributed by atoms with van der Waals surface area (Å²) in [6.45, 7) is 1.96. The van der Waals surface area contributed by atoms with Gasteiger partial charge in [0, 0.05) is 6.04 Å². The second kappa shape index (κ2) is 3.19. The largest absolute Gasteiger partial charge is 0.480 e. The number of carboxylic acid groups (broad SMARTS) is 1. The minimum Gasteiger partial charge on any atom is -0.480 e. The maximum Gasteiger partial charge on any atom is 0.320 e. The van der Waals surface area contributed by atoms with Crippen molar-refractivity contribution in [2.75, 3.05) is 6.61 Å². The van der Waals surface area contributed by atoms with Crippen LogP contribution in [0.2, 0.25) is 0 Å². The summed E-state index contributed by atoms with van der Waals surface area (Å²) in [5, 5.41) is 20.2. The number of aliphatic hydroxyl groups is 1. The smallest absolute Gasteiger partial charge is 0.320 e. The third kappa shape index (κ3) is 1.70. The molecule has 0 saturated carbocycles. The molecular weight excluding hydrogens is 146 g/mol. The van der Waals surface area contributed by atoms with Crippen LogP contribution >= 0.6 is 0 Å². The molecule has 0 unspecified atom stereocenters. The van der Waals surface area contributed by atoms with Crippen molar-refractivity contribution in [3.05, 3.63) is 0 Å². The van der Waals surface area contributed by atoms with Gasteiger partial charge in [0.2, 0.25) is 0 Å². The Hall–Kier alpha value is -0.610. The normalized spacial score (nSPS) is 37.5. The summed E-state index contributed by atoms with van der Waals surface area (Å²) in [4.78, 5) is 10.5. The van der Waals surface area contributed by atoms with Crippen LogP contribution in [0.4, 0.5) is 0 Å². The quantitative estimate of drug-likeness (QED) is 0.504. The van der Waals surface area contributed by atoms with E-state index in [1.165, 1.54) is 0 Å². The van der Waals surface area contributed by atoms with Crippen molar-refractivity contribution in [3.8, 4) is 0 Å². The Bertz CT molecular complexity index is 160. The fraction of sp³-hybridized carbons (Fsp3) is 0.857. The molecule has 0 aromatic rings. The zero-order chi connectivity index (χ0) is 8.43. The molecule has 1 fully saturated rings. The first-order chi connectivity index (χ1) is 5.15. The predicted molar refractivity (Wildman–Crippen MR) is 39.2 cm³/mol. The minimum atomic E-state index is -0.826. The highest BCUT2D eigenvalue weighted by atomic mass is 16.4. The topological polar surface area (TPSA) is 69.6 Å². The predicted octanol–water partition coefficient (Wildman–Crippen LogP) is -0.570. The van der Waals surface area contributed by atoms with Crippen LogP contribution in [-0.2, 0) is 4.79 Å². The van der Waals surface area contributed by atoms with Gasteiger partial charge in [-0.3, -0.25) is 10.1 Å². The molecule has 4 heteroatoms. The van der Waals surface area contributed by atoms with E-state index in [1.54, 1.807) is 0 Å². The van der Waals surface area contributed by atoms with Crippen molar-refractivity contribution in [2.24, 2.45) is 5.92 Å². The van der Waals surface area contributed by atoms with Crippen molar-refractivity contribution < 1.29 is 15.0 Å². The van der Waals surface area contributed by atoms with Gasteiger partial charge in [-0.25, -0.2) is 0 Å². The van der Waals surface area contributed by atoms with Gasteiger partial charge in [0.25, 0.3) is 0 Å². The first kappa shape index (κ1) is 8.49. The van der Waals surface area contributed by atoms with Gasteiger partial charge in [-0.2, -0.15) is 0 Å². The van der Waals surface area contributed by atoms with Gasteiger partial charge in [-0.15, -0.1) is 0 Å². The van der Waals surface area contributed by atoms with Crippen LogP contribution in [-0.4, -0.2) is 34.9 Å². The summed E-state index contributed by atoms with van der Waals surface area (Å²) in [6.07, 6.45) is 0.612. The average Bonchev–Trinajstić information content (AvgIpc) is 2.31. The van der Waals surface area contributed by atoms with E-state index in [4.69, 9.17) is 10.2 Å². The van der Waals surface area contributed by atoms with Crippen LogP contribution in [0.25, 0.3) is 0 Å². The van der Waals surface area contributed by atoms with Crippen LogP contribution < -0.4 is 5.32 Å².